The van der Waals surface area contributed by atoms with Crippen LogP contribution in [-0.2, 0) is 9.59 Å². The average Bonchev–Trinajstić information content (AvgIpc) is 3.46. The van der Waals surface area contributed by atoms with Gasteiger partial charge in [0.25, 0.3) is 5.78 Å². The van der Waals surface area contributed by atoms with Crippen LogP contribution in [0.4, 0.5) is 5.95 Å². The van der Waals surface area contributed by atoms with Crippen molar-refractivity contribution in [3.63, 3.8) is 0 Å². The molecule has 1 saturated heterocycles. The van der Waals surface area contributed by atoms with Crippen LogP contribution >= 0.6 is 11.6 Å². The number of aromatic amines is 1. The first-order valence-corrected chi connectivity index (χ1v) is 11.6. The molecule has 1 aliphatic heterocycles. The summed E-state index contributed by atoms with van der Waals surface area (Å²) in [6.45, 7) is 0. The van der Waals surface area contributed by atoms with E-state index in [1.807, 2.05) is 0 Å². The zero-order valence-electron chi connectivity index (χ0n) is 20.1. The number of nitrogens with zero attached hydrogens (tertiary/aromatic N) is 2. The van der Waals surface area contributed by atoms with E-state index in [0.717, 1.165) is 4.90 Å². The number of aliphatic hydroxyl groups is 1. The van der Waals surface area contributed by atoms with E-state index in [2.05, 4.69) is 9.97 Å². The number of H-pyrrole nitrogens is 1. The predicted octanol–water partition coefficient (Wildman–Crippen LogP) is 4.56. The number of aromatic carboxylic acids is 1. The average molecular weight is 534 g/mol. The molecule has 3 aromatic carbocycles. The van der Waals surface area contributed by atoms with Crippen LogP contribution in [0.15, 0.2) is 66.2 Å². The van der Waals surface area contributed by atoms with E-state index in [4.69, 9.17) is 21.1 Å². The Hall–Kier alpha value is -4.83. The number of aromatic nitrogens is 2. The summed E-state index contributed by atoms with van der Waals surface area (Å²) in [6, 6.07) is 14.4. The smallest absolute Gasteiger partial charge is 0.335 e. The van der Waals surface area contributed by atoms with Gasteiger partial charge in [0.1, 0.15) is 17.3 Å². The van der Waals surface area contributed by atoms with E-state index in [1.54, 1.807) is 30.3 Å². The molecule has 192 valence electrons. The molecule has 0 saturated carbocycles. The molecule has 1 fully saturated rings. The Morgan fingerprint density at radius 1 is 0.974 bits per heavy atom. The summed E-state index contributed by atoms with van der Waals surface area (Å²) in [5.41, 5.74) is 1.15. The lowest BCUT2D eigenvalue weighted by Crippen LogP contribution is -2.30. The standard InChI is InChI=1S/C27H20ClN3O7/c1-37-15-6-3-13(4-7-15)22-21(23(32)17-12-16(38-2)8-9-18(17)28)24(33)25(34)31(22)27-29-19-10-5-14(26(35)36)11-20(19)30-27/h3-12,22,32H,1-2H3,(H,29,30)(H,35,36)/b23-21+. The number of aliphatic hydroxyl groups excluding tert-OH is 1. The van der Waals surface area contributed by atoms with E-state index < -0.39 is 29.5 Å². The van der Waals surface area contributed by atoms with Gasteiger partial charge in [0.15, 0.2) is 0 Å². The molecule has 4 aromatic rings. The van der Waals surface area contributed by atoms with Gasteiger partial charge in [-0.2, -0.15) is 0 Å². The first kappa shape index (κ1) is 24.8. The number of anilines is 1. The minimum atomic E-state index is -1.13. The molecule has 0 aliphatic carbocycles. The molecule has 0 spiro atoms. The Morgan fingerprint density at radius 2 is 1.66 bits per heavy atom. The Bertz CT molecular complexity index is 1640. The number of methoxy groups -OCH3 is 2. The highest BCUT2D eigenvalue weighted by molar-refractivity contribution is 6.51. The van der Waals surface area contributed by atoms with E-state index in [1.165, 1.54) is 44.6 Å². The van der Waals surface area contributed by atoms with Crippen LogP contribution in [0.5, 0.6) is 11.5 Å². The lowest BCUT2D eigenvalue weighted by atomic mass is 9.95. The zero-order valence-corrected chi connectivity index (χ0v) is 20.8. The molecule has 11 heteroatoms. The van der Waals surface area contributed by atoms with Crippen molar-refractivity contribution in [3.8, 4) is 11.5 Å². The fourth-order valence-corrected chi connectivity index (χ4v) is 4.56. The van der Waals surface area contributed by atoms with Crippen molar-refractivity contribution < 1.29 is 34.1 Å². The number of carbonyl (C=O) groups excluding carboxylic acids is 2. The monoisotopic (exact) mass is 533 g/mol. The topological polar surface area (TPSA) is 142 Å². The van der Waals surface area contributed by atoms with Crippen molar-refractivity contribution in [1.29, 1.82) is 0 Å². The number of carboxylic acids is 1. The summed E-state index contributed by atoms with van der Waals surface area (Å²) in [5.74, 6) is -2.57. The number of ether oxygens (including phenoxy) is 2. The molecule has 0 bridgehead atoms. The third kappa shape index (κ3) is 4.10. The summed E-state index contributed by atoms with van der Waals surface area (Å²) in [7, 11) is 2.95. The van der Waals surface area contributed by atoms with Crippen LogP contribution in [0, 0.1) is 0 Å². The molecule has 0 radical (unpaired) electrons. The summed E-state index contributed by atoms with van der Waals surface area (Å²) < 4.78 is 10.5. The SMILES string of the molecule is COc1ccc(C2/C(=C(\O)c3cc(OC)ccc3Cl)C(=O)C(=O)N2c2nc3ccc(C(=O)O)cc3[nH]2)cc1. The van der Waals surface area contributed by atoms with Gasteiger partial charge in [-0.05, 0) is 54.1 Å². The number of nitrogens with one attached hydrogen (secondary N) is 1. The summed E-state index contributed by atoms with van der Waals surface area (Å²) >= 11 is 6.35. The molecule has 3 N–H and O–H groups in total. The number of benzene rings is 3. The number of ketones is 1. The van der Waals surface area contributed by atoms with Crippen LogP contribution in [0.3, 0.4) is 0 Å². The number of Topliss-reactive ketones (excluding diaryl/α,β-unsaturated/α-hetero) is 1. The van der Waals surface area contributed by atoms with E-state index in [9.17, 15) is 24.6 Å². The van der Waals surface area contributed by atoms with Gasteiger partial charge >= 0.3 is 11.9 Å². The van der Waals surface area contributed by atoms with Crippen LogP contribution in [0.1, 0.15) is 27.5 Å². The van der Waals surface area contributed by atoms with Crippen molar-refractivity contribution in [2.75, 3.05) is 19.1 Å². The van der Waals surface area contributed by atoms with Gasteiger partial charge < -0.3 is 24.7 Å². The second kappa shape index (κ2) is 9.56. The fourth-order valence-electron chi connectivity index (χ4n) is 4.35. The number of imidazole rings is 1. The molecule has 1 amide bonds. The number of fused-ring (bicyclic) bond motifs is 1. The van der Waals surface area contributed by atoms with Crippen molar-refractivity contribution in [1.82, 2.24) is 9.97 Å². The fraction of sp³-hybridized carbons (Fsp3) is 0.111. The van der Waals surface area contributed by atoms with Gasteiger partial charge in [-0.25, -0.2) is 9.78 Å². The first-order valence-electron chi connectivity index (χ1n) is 11.3. The largest absolute Gasteiger partial charge is 0.507 e. The molecule has 1 aromatic heterocycles. The Morgan fingerprint density at radius 3 is 2.32 bits per heavy atom. The van der Waals surface area contributed by atoms with E-state index in [-0.39, 0.29) is 27.7 Å². The molecule has 5 rings (SSSR count). The predicted molar refractivity (Wildman–Crippen MR) is 139 cm³/mol. The highest BCUT2D eigenvalue weighted by atomic mass is 35.5. The number of carboxylic acid groups (broad SMARTS) is 1. The molecule has 10 nitrogen and oxygen atoms in total. The maximum absolute atomic E-state index is 13.4. The molecule has 38 heavy (non-hydrogen) atoms. The highest BCUT2D eigenvalue weighted by Crippen LogP contribution is 2.43. The normalized spacial score (nSPS) is 16.7. The minimum absolute atomic E-state index is 0.00115. The second-order valence-electron chi connectivity index (χ2n) is 8.39. The van der Waals surface area contributed by atoms with Gasteiger partial charge in [0.2, 0.25) is 5.95 Å². The molecule has 2 heterocycles. The number of rotatable bonds is 6. The van der Waals surface area contributed by atoms with E-state index in [0.29, 0.717) is 28.1 Å². The van der Waals surface area contributed by atoms with Gasteiger partial charge in [-0.1, -0.05) is 23.7 Å². The number of halogens is 1. The summed E-state index contributed by atoms with van der Waals surface area (Å²) in [4.78, 5) is 46.7. The van der Waals surface area contributed by atoms with Crippen molar-refractivity contribution >= 4 is 52.0 Å². The maximum Gasteiger partial charge on any atom is 0.335 e. The molecule has 1 unspecified atom stereocenters. The van der Waals surface area contributed by atoms with Gasteiger partial charge in [-0.15, -0.1) is 0 Å². The molecular weight excluding hydrogens is 514 g/mol. The lowest BCUT2D eigenvalue weighted by molar-refractivity contribution is -0.132. The van der Waals surface area contributed by atoms with Crippen LogP contribution < -0.4 is 14.4 Å². The number of hydrogen-bond acceptors (Lipinski definition) is 7. The van der Waals surface area contributed by atoms with E-state index >= 15 is 0 Å². The van der Waals surface area contributed by atoms with Crippen LogP contribution in [0.25, 0.3) is 16.8 Å². The Balaban J connectivity index is 1.73. The van der Waals surface area contributed by atoms with Gasteiger partial charge in [-0.3, -0.25) is 14.5 Å². The first-order chi connectivity index (χ1) is 18.2. The highest BCUT2D eigenvalue weighted by Gasteiger charge is 2.48. The maximum atomic E-state index is 13.4. The van der Waals surface area contributed by atoms with Crippen LogP contribution in [0.2, 0.25) is 5.02 Å². The van der Waals surface area contributed by atoms with Gasteiger partial charge in [0.05, 0.1) is 47.5 Å². The lowest BCUT2D eigenvalue weighted by Gasteiger charge is -2.23. The quantitative estimate of drug-likeness (QED) is 0.186. The second-order valence-corrected chi connectivity index (χ2v) is 8.79. The third-order valence-corrected chi connectivity index (χ3v) is 6.58. The molecular formula is C27H20ClN3O7. The number of carbonyl (C=O) groups is 3. The minimum Gasteiger partial charge on any atom is -0.507 e. The Kier molecular flexibility index (Phi) is 6.25. The molecule has 1 aliphatic rings. The number of amides is 1. The van der Waals surface area contributed by atoms with Crippen molar-refractivity contribution in [3.05, 3.63) is 87.9 Å². The van der Waals surface area contributed by atoms with Gasteiger partial charge in [0, 0.05) is 5.56 Å². The Labute approximate surface area is 220 Å². The van der Waals surface area contributed by atoms with Crippen LogP contribution in [-0.4, -0.2) is 52.1 Å². The third-order valence-electron chi connectivity index (χ3n) is 6.25. The van der Waals surface area contributed by atoms with Crippen molar-refractivity contribution in [2.45, 2.75) is 6.04 Å². The molecule has 1 atom stereocenters. The zero-order chi connectivity index (χ0) is 27.1. The number of hydrogen-bond donors (Lipinski definition) is 3. The summed E-state index contributed by atoms with van der Waals surface area (Å²) in [5, 5.41) is 20.8. The van der Waals surface area contributed by atoms with Crippen molar-refractivity contribution in [2.24, 2.45) is 0 Å². The summed E-state index contributed by atoms with van der Waals surface area (Å²) in [6.07, 6.45) is 0.